The fourth-order valence-corrected chi connectivity index (χ4v) is 3.47. The molecule has 7 heteroatoms. The summed E-state index contributed by atoms with van der Waals surface area (Å²) in [5.74, 6) is 0.271. The zero-order valence-electron chi connectivity index (χ0n) is 13.9. The predicted octanol–water partition coefficient (Wildman–Crippen LogP) is 4.47. The SMILES string of the molecule is Cc1cccc(OCCN2C(=O)S/C(=C\c3cc(Cl)ccc3O)C2=O)c1. The molecule has 3 rings (SSSR count). The lowest BCUT2D eigenvalue weighted by Crippen LogP contribution is -2.32. The van der Waals surface area contributed by atoms with Crippen LogP contribution in [0.15, 0.2) is 47.4 Å². The molecule has 5 nitrogen and oxygen atoms in total. The van der Waals surface area contributed by atoms with Gasteiger partial charge in [-0.25, -0.2) is 0 Å². The number of carbonyl (C=O) groups excluding carboxylic acids is 2. The minimum Gasteiger partial charge on any atom is -0.507 e. The van der Waals surface area contributed by atoms with E-state index in [4.69, 9.17) is 16.3 Å². The second-order valence-corrected chi connectivity index (χ2v) is 7.13. The van der Waals surface area contributed by atoms with Crippen molar-refractivity contribution in [2.75, 3.05) is 13.2 Å². The molecule has 26 heavy (non-hydrogen) atoms. The molecule has 0 bridgehead atoms. The molecule has 0 unspecified atom stereocenters. The Bertz CT molecular complexity index is 897. The normalized spacial score (nSPS) is 15.8. The van der Waals surface area contributed by atoms with Crippen molar-refractivity contribution in [3.8, 4) is 11.5 Å². The number of thioether (sulfide) groups is 1. The van der Waals surface area contributed by atoms with Gasteiger partial charge in [0, 0.05) is 10.6 Å². The van der Waals surface area contributed by atoms with Gasteiger partial charge in [-0.15, -0.1) is 0 Å². The first-order valence-electron chi connectivity index (χ1n) is 7.87. The van der Waals surface area contributed by atoms with Crippen LogP contribution in [0.25, 0.3) is 6.08 Å². The van der Waals surface area contributed by atoms with Crippen LogP contribution in [0.5, 0.6) is 11.5 Å². The van der Waals surface area contributed by atoms with Crippen LogP contribution in [-0.4, -0.2) is 34.3 Å². The van der Waals surface area contributed by atoms with Crippen LogP contribution < -0.4 is 4.74 Å². The first kappa shape index (κ1) is 18.4. The van der Waals surface area contributed by atoms with E-state index in [1.54, 1.807) is 6.07 Å². The van der Waals surface area contributed by atoms with Crippen molar-refractivity contribution in [3.63, 3.8) is 0 Å². The number of halogens is 1. The predicted molar refractivity (Wildman–Crippen MR) is 102 cm³/mol. The number of phenols is 1. The van der Waals surface area contributed by atoms with Gasteiger partial charge in [-0.2, -0.15) is 0 Å². The molecule has 2 aromatic carbocycles. The van der Waals surface area contributed by atoms with E-state index in [9.17, 15) is 14.7 Å². The molecule has 1 heterocycles. The van der Waals surface area contributed by atoms with E-state index in [-0.39, 0.29) is 29.0 Å². The maximum absolute atomic E-state index is 12.5. The highest BCUT2D eigenvalue weighted by molar-refractivity contribution is 8.18. The van der Waals surface area contributed by atoms with E-state index >= 15 is 0 Å². The molecular weight excluding hydrogens is 374 g/mol. The van der Waals surface area contributed by atoms with Crippen LogP contribution in [0.1, 0.15) is 11.1 Å². The Balaban J connectivity index is 1.67. The molecule has 0 aromatic heterocycles. The van der Waals surface area contributed by atoms with Crippen molar-refractivity contribution in [3.05, 3.63) is 63.5 Å². The standard InChI is InChI=1S/C19H16ClNO4S/c1-12-3-2-4-15(9-12)25-8-7-21-18(23)17(26-19(21)24)11-13-10-14(20)5-6-16(13)22/h2-6,9-11,22H,7-8H2,1H3/b17-11-. The van der Waals surface area contributed by atoms with Crippen LogP contribution in [0.4, 0.5) is 4.79 Å². The van der Waals surface area contributed by atoms with Gasteiger partial charge in [0.05, 0.1) is 11.4 Å². The van der Waals surface area contributed by atoms with Gasteiger partial charge in [0.1, 0.15) is 18.1 Å². The van der Waals surface area contributed by atoms with Crippen molar-refractivity contribution in [1.29, 1.82) is 0 Å². The topological polar surface area (TPSA) is 66.8 Å². The summed E-state index contributed by atoms with van der Waals surface area (Å²) in [4.78, 5) is 25.9. The van der Waals surface area contributed by atoms with Gasteiger partial charge in [-0.3, -0.25) is 14.5 Å². The number of hydrogen-bond acceptors (Lipinski definition) is 5. The smallest absolute Gasteiger partial charge is 0.293 e. The summed E-state index contributed by atoms with van der Waals surface area (Å²) in [6.45, 7) is 2.31. The summed E-state index contributed by atoms with van der Waals surface area (Å²) >= 11 is 6.74. The van der Waals surface area contributed by atoms with E-state index in [1.807, 2.05) is 31.2 Å². The number of rotatable bonds is 5. The second-order valence-electron chi connectivity index (χ2n) is 5.70. The first-order chi connectivity index (χ1) is 12.4. The zero-order chi connectivity index (χ0) is 18.7. The number of aromatic hydroxyl groups is 1. The molecule has 2 aromatic rings. The summed E-state index contributed by atoms with van der Waals surface area (Å²) in [5, 5.41) is 9.93. The molecule has 134 valence electrons. The van der Waals surface area contributed by atoms with Crippen molar-refractivity contribution < 1.29 is 19.4 Å². The lowest BCUT2D eigenvalue weighted by Gasteiger charge is -2.13. The Kier molecular flexibility index (Phi) is 5.54. The molecule has 1 aliphatic rings. The molecular formula is C19H16ClNO4S. The van der Waals surface area contributed by atoms with Crippen molar-refractivity contribution >= 4 is 40.6 Å². The maximum Gasteiger partial charge on any atom is 0.293 e. The number of imide groups is 1. The highest BCUT2D eigenvalue weighted by atomic mass is 35.5. The highest BCUT2D eigenvalue weighted by Crippen LogP contribution is 2.34. The summed E-state index contributed by atoms with van der Waals surface area (Å²) < 4.78 is 5.60. The number of ether oxygens (including phenoxy) is 1. The second kappa shape index (κ2) is 7.85. The molecule has 2 amide bonds. The van der Waals surface area contributed by atoms with E-state index in [2.05, 4.69) is 0 Å². The van der Waals surface area contributed by atoms with E-state index in [1.165, 1.54) is 18.2 Å². The van der Waals surface area contributed by atoms with Crippen LogP contribution in [0, 0.1) is 6.92 Å². The number of aryl methyl sites for hydroxylation is 1. The van der Waals surface area contributed by atoms with Gasteiger partial charge in [0.15, 0.2) is 0 Å². The number of phenolic OH excluding ortho intramolecular Hbond substituents is 1. The number of nitrogens with zero attached hydrogens (tertiary/aromatic N) is 1. The van der Waals surface area contributed by atoms with Crippen LogP contribution in [0.2, 0.25) is 5.02 Å². The number of amides is 2. The number of benzene rings is 2. The molecule has 1 aliphatic heterocycles. The lowest BCUT2D eigenvalue weighted by molar-refractivity contribution is -0.123. The Morgan fingerprint density at radius 3 is 2.81 bits per heavy atom. The molecule has 1 saturated heterocycles. The quantitative estimate of drug-likeness (QED) is 0.764. The number of carbonyl (C=O) groups is 2. The lowest BCUT2D eigenvalue weighted by atomic mass is 10.2. The van der Waals surface area contributed by atoms with Gasteiger partial charge < -0.3 is 9.84 Å². The van der Waals surface area contributed by atoms with Gasteiger partial charge in [-0.05, 0) is 60.7 Å². The Hall–Kier alpha value is -2.44. The van der Waals surface area contributed by atoms with Crippen LogP contribution in [0.3, 0.4) is 0 Å². The van der Waals surface area contributed by atoms with Crippen LogP contribution in [-0.2, 0) is 4.79 Å². The molecule has 0 radical (unpaired) electrons. The van der Waals surface area contributed by atoms with E-state index in [0.717, 1.165) is 22.2 Å². The Labute approximate surface area is 160 Å². The van der Waals surface area contributed by atoms with Crippen molar-refractivity contribution in [1.82, 2.24) is 4.90 Å². The fraction of sp³-hybridized carbons (Fsp3) is 0.158. The molecule has 0 atom stereocenters. The Morgan fingerprint density at radius 2 is 2.04 bits per heavy atom. The third-order valence-corrected chi connectivity index (χ3v) is 4.87. The van der Waals surface area contributed by atoms with Gasteiger partial charge in [0.25, 0.3) is 11.1 Å². The third kappa shape index (κ3) is 4.20. The number of hydrogen-bond donors (Lipinski definition) is 1. The average Bonchev–Trinajstić information content (AvgIpc) is 2.86. The summed E-state index contributed by atoms with van der Waals surface area (Å²) in [6.07, 6.45) is 1.47. The van der Waals surface area contributed by atoms with E-state index < -0.39 is 5.91 Å². The van der Waals surface area contributed by atoms with E-state index in [0.29, 0.717) is 16.3 Å². The maximum atomic E-state index is 12.5. The summed E-state index contributed by atoms with van der Waals surface area (Å²) in [7, 11) is 0. The van der Waals surface area contributed by atoms with Crippen molar-refractivity contribution in [2.24, 2.45) is 0 Å². The molecule has 0 spiro atoms. The van der Waals surface area contributed by atoms with Gasteiger partial charge >= 0.3 is 0 Å². The fourth-order valence-electron chi connectivity index (χ4n) is 2.43. The molecule has 0 saturated carbocycles. The highest BCUT2D eigenvalue weighted by Gasteiger charge is 2.35. The third-order valence-electron chi connectivity index (χ3n) is 3.72. The molecule has 0 aliphatic carbocycles. The average molecular weight is 390 g/mol. The van der Waals surface area contributed by atoms with Crippen LogP contribution >= 0.6 is 23.4 Å². The molecule has 1 fully saturated rings. The molecule has 1 N–H and O–H groups in total. The minimum absolute atomic E-state index is 0.0102. The minimum atomic E-state index is -0.410. The summed E-state index contributed by atoms with van der Waals surface area (Å²) in [6, 6.07) is 12.1. The Morgan fingerprint density at radius 1 is 1.23 bits per heavy atom. The first-order valence-corrected chi connectivity index (χ1v) is 9.07. The summed E-state index contributed by atoms with van der Waals surface area (Å²) in [5.41, 5.74) is 1.46. The zero-order valence-corrected chi connectivity index (χ0v) is 15.5. The van der Waals surface area contributed by atoms with Gasteiger partial charge in [-0.1, -0.05) is 23.7 Å². The monoisotopic (exact) mass is 389 g/mol. The largest absolute Gasteiger partial charge is 0.507 e. The van der Waals surface area contributed by atoms with Gasteiger partial charge in [0.2, 0.25) is 0 Å². The van der Waals surface area contributed by atoms with Crippen molar-refractivity contribution in [2.45, 2.75) is 6.92 Å².